The van der Waals surface area contributed by atoms with Crippen LogP contribution in [0, 0.1) is 0 Å². The second-order valence-electron chi connectivity index (χ2n) is 9.53. The van der Waals surface area contributed by atoms with Gasteiger partial charge in [0, 0.05) is 34.1 Å². The van der Waals surface area contributed by atoms with Crippen LogP contribution in [-0.2, 0) is 32.6 Å². The molecule has 3 aromatic rings. The molecule has 0 spiro atoms. The van der Waals surface area contributed by atoms with Crippen molar-refractivity contribution in [3.63, 3.8) is 0 Å². The third-order valence-electron chi connectivity index (χ3n) is 6.40. The number of nitrogens with one attached hydrogen (secondary N) is 1. The van der Waals surface area contributed by atoms with E-state index in [1.807, 2.05) is 44.2 Å². The zero-order chi connectivity index (χ0) is 29.4. The van der Waals surface area contributed by atoms with Gasteiger partial charge in [-0.1, -0.05) is 84.2 Å². The van der Waals surface area contributed by atoms with Crippen molar-refractivity contribution < 1.29 is 18.0 Å². The average molecular weight is 625 g/mol. The summed E-state index contributed by atoms with van der Waals surface area (Å²) in [5.41, 5.74) is 1.63. The average Bonchev–Trinajstić information content (AvgIpc) is 2.90. The fourth-order valence-corrected chi connectivity index (χ4v) is 5.57. The Bertz CT molecular complexity index is 1440. The summed E-state index contributed by atoms with van der Waals surface area (Å²) in [7, 11) is -3.89. The molecule has 3 aromatic carbocycles. The monoisotopic (exact) mass is 623 g/mol. The zero-order valence-corrected chi connectivity index (χ0v) is 25.6. The molecule has 0 fully saturated rings. The third kappa shape index (κ3) is 8.86. The minimum atomic E-state index is -3.89. The lowest BCUT2D eigenvalue weighted by Gasteiger charge is -2.34. The summed E-state index contributed by atoms with van der Waals surface area (Å²) < 4.78 is 26.6. The van der Waals surface area contributed by atoms with E-state index in [0.29, 0.717) is 27.1 Å². The molecule has 2 amide bonds. The van der Waals surface area contributed by atoms with E-state index in [9.17, 15) is 18.0 Å². The Morgan fingerprint density at radius 2 is 1.60 bits per heavy atom. The number of halogens is 3. The van der Waals surface area contributed by atoms with Crippen LogP contribution in [0.2, 0.25) is 15.1 Å². The summed E-state index contributed by atoms with van der Waals surface area (Å²) in [5, 5.41) is 4.04. The summed E-state index contributed by atoms with van der Waals surface area (Å²) >= 11 is 18.7. The van der Waals surface area contributed by atoms with Gasteiger partial charge in [-0.05, 0) is 54.8 Å². The van der Waals surface area contributed by atoms with Gasteiger partial charge < -0.3 is 10.2 Å². The first-order chi connectivity index (χ1) is 18.9. The van der Waals surface area contributed by atoms with Crippen molar-refractivity contribution in [2.24, 2.45) is 0 Å². The molecule has 0 unspecified atom stereocenters. The van der Waals surface area contributed by atoms with Crippen LogP contribution in [0.15, 0.2) is 72.8 Å². The van der Waals surface area contributed by atoms with Crippen LogP contribution in [0.5, 0.6) is 0 Å². The predicted molar refractivity (Wildman–Crippen MR) is 162 cm³/mol. The van der Waals surface area contributed by atoms with Crippen LogP contribution < -0.4 is 9.62 Å². The van der Waals surface area contributed by atoms with Crippen molar-refractivity contribution in [2.75, 3.05) is 17.1 Å². The molecule has 40 heavy (non-hydrogen) atoms. The molecule has 214 valence electrons. The van der Waals surface area contributed by atoms with E-state index in [1.54, 1.807) is 36.4 Å². The summed E-state index contributed by atoms with van der Waals surface area (Å²) in [4.78, 5) is 29.1. The largest absolute Gasteiger partial charge is 0.352 e. The van der Waals surface area contributed by atoms with Crippen LogP contribution in [0.4, 0.5) is 5.69 Å². The molecule has 0 aliphatic carbocycles. The maximum Gasteiger partial charge on any atom is 0.244 e. The first-order valence-electron chi connectivity index (χ1n) is 12.7. The van der Waals surface area contributed by atoms with Gasteiger partial charge in [-0.15, -0.1) is 0 Å². The molecule has 0 aliphatic rings. The Morgan fingerprint density at radius 1 is 0.925 bits per heavy atom. The first kappa shape index (κ1) is 31.7. The maximum atomic E-state index is 14.1. The van der Waals surface area contributed by atoms with Gasteiger partial charge in [0.15, 0.2) is 0 Å². The first-order valence-corrected chi connectivity index (χ1v) is 15.7. The number of nitrogens with zero attached hydrogens (tertiary/aromatic N) is 2. The molecule has 0 saturated heterocycles. The minimum Gasteiger partial charge on any atom is -0.352 e. The van der Waals surface area contributed by atoms with E-state index in [4.69, 9.17) is 34.8 Å². The third-order valence-corrected chi connectivity index (χ3v) is 8.37. The van der Waals surface area contributed by atoms with Gasteiger partial charge in [0.2, 0.25) is 21.8 Å². The van der Waals surface area contributed by atoms with E-state index >= 15 is 0 Å². The van der Waals surface area contributed by atoms with E-state index in [0.717, 1.165) is 16.1 Å². The van der Waals surface area contributed by atoms with Crippen LogP contribution in [0.3, 0.4) is 0 Å². The molecule has 0 heterocycles. The van der Waals surface area contributed by atoms with E-state index in [1.165, 1.54) is 11.0 Å². The molecule has 0 radical (unpaired) electrons. The Kier molecular flexibility index (Phi) is 11.3. The molecule has 0 saturated carbocycles. The van der Waals surface area contributed by atoms with Crippen molar-refractivity contribution in [1.82, 2.24) is 10.2 Å². The number of carbonyl (C=O) groups is 2. The highest BCUT2D eigenvalue weighted by molar-refractivity contribution is 7.92. The molecule has 11 heteroatoms. The molecular formula is C29H32Cl3N3O4S. The lowest BCUT2D eigenvalue weighted by Crippen LogP contribution is -2.54. The minimum absolute atomic E-state index is 0.0482. The highest BCUT2D eigenvalue weighted by Gasteiger charge is 2.33. The summed E-state index contributed by atoms with van der Waals surface area (Å²) in [6, 6.07) is 19.3. The van der Waals surface area contributed by atoms with Gasteiger partial charge in [-0.25, -0.2) is 8.42 Å². The molecule has 7 nitrogen and oxygen atoms in total. The SMILES string of the molecule is CC[C@@H](C)NC(=O)[C@H](Cc1ccccc1)N(Cc1ccc(Cl)cc1Cl)C(=O)CN(c1cccc(Cl)c1)S(C)(=O)=O. The Hall–Kier alpha value is -2.78. The summed E-state index contributed by atoms with van der Waals surface area (Å²) in [6.07, 6.45) is 1.91. The number of amides is 2. The summed E-state index contributed by atoms with van der Waals surface area (Å²) in [5.74, 6) is -0.943. The number of hydrogen-bond donors (Lipinski definition) is 1. The number of benzene rings is 3. The van der Waals surface area contributed by atoms with Crippen LogP contribution in [-0.4, -0.2) is 50.0 Å². The van der Waals surface area contributed by atoms with Crippen LogP contribution >= 0.6 is 34.8 Å². The second-order valence-corrected chi connectivity index (χ2v) is 12.7. The van der Waals surface area contributed by atoms with Gasteiger partial charge in [0.1, 0.15) is 12.6 Å². The standard InChI is InChI=1S/C29H32Cl3N3O4S/c1-4-20(2)33-29(37)27(15-21-9-6-5-7-10-21)34(18-22-13-14-24(31)17-26(22)32)28(36)19-35(40(3,38)39)25-12-8-11-23(30)16-25/h5-14,16-17,20,27H,4,15,18-19H2,1-3H3,(H,33,37)/t20-,27+/m1/s1. The van der Waals surface area contributed by atoms with Crippen molar-refractivity contribution in [3.05, 3.63) is 99.0 Å². The van der Waals surface area contributed by atoms with Crippen LogP contribution in [0.25, 0.3) is 0 Å². The van der Waals surface area contributed by atoms with Crippen molar-refractivity contribution in [3.8, 4) is 0 Å². The molecule has 0 aliphatic heterocycles. The number of carbonyl (C=O) groups excluding carboxylic acids is 2. The van der Waals surface area contributed by atoms with E-state index in [-0.39, 0.29) is 30.6 Å². The number of anilines is 1. The van der Waals surface area contributed by atoms with Crippen molar-refractivity contribution in [1.29, 1.82) is 0 Å². The van der Waals surface area contributed by atoms with E-state index < -0.39 is 28.5 Å². The lowest BCUT2D eigenvalue weighted by atomic mass is 10.0. The normalized spacial score (nSPS) is 12.8. The molecule has 3 rings (SSSR count). The second kappa shape index (κ2) is 14.2. The predicted octanol–water partition coefficient (Wildman–Crippen LogP) is 5.97. The number of hydrogen-bond acceptors (Lipinski definition) is 4. The summed E-state index contributed by atoms with van der Waals surface area (Å²) in [6.45, 7) is 3.23. The highest BCUT2D eigenvalue weighted by Crippen LogP contribution is 2.26. The molecule has 0 bridgehead atoms. The Balaban J connectivity index is 2.09. The van der Waals surface area contributed by atoms with Gasteiger partial charge in [-0.2, -0.15) is 0 Å². The fourth-order valence-electron chi connectivity index (χ4n) is 4.07. The number of sulfonamides is 1. The Labute approximate surface area is 251 Å². The molecule has 0 aromatic heterocycles. The molecule has 2 atom stereocenters. The smallest absolute Gasteiger partial charge is 0.244 e. The van der Waals surface area contributed by atoms with Gasteiger partial charge >= 0.3 is 0 Å². The van der Waals surface area contributed by atoms with Crippen molar-refractivity contribution in [2.45, 2.75) is 45.3 Å². The fraction of sp³-hybridized carbons (Fsp3) is 0.310. The quantitative estimate of drug-likeness (QED) is 0.269. The topological polar surface area (TPSA) is 86.8 Å². The van der Waals surface area contributed by atoms with Crippen LogP contribution in [0.1, 0.15) is 31.4 Å². The molecule has 1 N–H and O–H groups in total. The maximum absolute atomic E-state index is 14.1. The van der Waals surface area contributed by atoms with E-state index in [2.05, 4.69) is 5.32 Å². The zero-order valence-electron chi connectivity index (χ0n) is 22.5. The van der Waals surface area contributed by atoms with Gasteiger partial charge in [-0.3, -0.25) is 13.9 Å². The van der Waals surface area contributed by atoms with Crippen molar-refractivity contribution >= 4 is 62.3 Å². The highest BCUT2D eigenvalue weighted by atomic mass is 35.5. The number of rotatable bonds is 12. The lowest BCUT2D eigenvalue weighted by molar-refractivity contribution is -0.140. The molecular weight excluding hydrogens is 593 g/mol. The Morgan fingerprint density at radius 3 is 2.20 bits per heavy atom. The van der Waals surface area contributed by atoms with Gasteiger partial charge in [0.05, 0.1) is 11.9 Å². The van der Waals surface area contributed by atoms with Gasteiger partial charge in [0.25, 0.3) is 0 Å².